The van der Waals surface area contributed by atoms with Crippen LogP contribution in [0.4, 0.5) is 0 Å². The lowest BCUT2D eigenvalue weighted by molar-refractivity contribution is -0.870. The number of unbranched alkanes of at least 4 members (excludes halogenated alkanes) is 21. The molecule has 0 aliphatic heterocycles. The Morgan fingerprint density at radius 3 is 1.18 bits per heavy atom. The number of hydrogen-bond donors (Lipinski definition) is 0. The smallest absolute Gasteiger partial charge is 0.306 e. The zero-order valence-electron chi connectivity index (χ0n) is 46.8. The summed E-state index contributed by atoms with van der Waals surface area (Å²) in [5, 5.41) is 11.7. The van der Waals surface area contributed by atoms with Crippen LogP contribution in [-0.4, -0.2) is 82.3 Å². The van der Waals surface area contributed by atoms with Gasteiger partial charge >= 0.3 is 11.9 Å². The quantitative estimate of drug-likeness (QED) is 0.0195. The number of hydrogen-bond acceptors (Lipinski definition) is 8. The summed E-state index contributed by atoms with van der Waals surface area (Å²) in [5.41, 5.74) is 0. The molecule has 2 unspecified atom stereocenters. The lowest BCUT2D eigenvalue weighted by Crippen LogP contribution is -2.44. The van der Waals surface area contributed by atoms with Crippen molar-refractivity contribution in [1.82, 2.24) is 0 Å². The fourth-order valence-electron chi connectivity index (χ4n) is 7.67. The van der Waals surface area contributed by atoms with Gasteiger partial charge in [-0.3, -0.25) is 9.59 Å². The number of aliphatic carboxylic acids is 1. The number of ether oxygens (including phenoxy) is 4. The number of rotatable bonds is 52. The Bertz CT molecular complexity index is 1500. The number of carboxylic acid groups (broad SMARTS) is 1. The molecular weight excluding hydrogens is 899 g/mol. The minimum Gasteiger partial charge on any atom is -0.545 e. The Balaban J connectivity index is 4.08. The largest absolute Gasteiger partial charge is 0.545 e. The summed E-state index contributed by atoms with van der Waals surface area (Å²) in [7, 11) is 5.91. The Morgan fingerprint density at radius 1 is 0.431 bits per heavy atom. The fraction of sp³-hybridized carbons (Fsp3) is 0.698. The van der Waals surface area contributed by atoms with Gasteiger partial charge in [0.2, 0.25) is 0 Å². The van der Waals surface area contributed by atoms with Crippen LogP contribution < -0.4 is 5.11 Å². The number of likely N-dealkylation sites (N-methyl/N-ethyl adjacent to an activating group) is 1. The van der Waals surface area contributed by atoms with Crippen LogP contribution in [0.1, 0.15) is 226 Å². The van der Waals surface area contributed by atoms with E-state index < -0.39 is 24.3 Å². The summed E-state index contributed by atoms with van der Waals surface area (Å²) >= 11 is 0. The third-order valence-corrected chi connectivity index (χ3v) is 12.1. The second-order valence-corrected chi connectivity index (χ2v) is 20.2. The van der Waals surface area contributed by atoms with Crippen LogP contribution in [0, 0.1) is 0 Å². The lowest BCUT2D eigenvalue weighted by Gasteiger charge is -2.26. The molecule has 2 atom stereocenters. The molecule has 0 saturated carbocycles. The second-order valence-electron chi connectivity index (χ2n) is 20.2. The van der Waals surface area contributed by atoms with Gasteiger partial charge in [-0.1, -0.05) is 233 Å². The highest BCUT2D eigenvalue weighted by molar-refractivity contribution is 5.70. The molecule has 0 radical (unpaired) electrons. The molecular formula is C63H107NO8. The third kappa shape index (κ3) is 54.0. The first-order chi connectivity index (χ1) is 35.1. The number of nitrogens with zero attached hydrogens (tertiary/aromatic N) is 1. The summed E-state index contributed by atoms with van der Waals surface area (Å²) in [6.07, 6.45) is 69.0. The topological polar surface area (TPSA) is 111 Å². The van der Waals surface area contributed by atoms with E-state index in [1.54, 1.807) is 0 Å². The molecule has 0 aliphatic carbocycles. The van der Waals surface area contributed by atoms with Crippen molar-refractivity contribution in [3.05, 3.63) is 97.2 Å². The van der Waals surface area contributed by atoms with E-state index in [4.69, 9.17) is 18.9 Å². The molecule has 0 amide bonds. The van der Waals surface area contributed by atoms with Crippen LogP contribution in [0.2, 0.25) is 0 Å². The van der Waals surface area contributed by atoms with Gasteiger partial charge in [0, 0.05) is 12.8 Å². The van der Waals surface area contributed by atoms with Crippen molar-refractivity contribution in [2.24, 2.45) is 0 Å². The summed E-state index contributed by atoms with van der Waals surface area (Å²) < 4.78 is 22.6. The van der Waals surface area contributed by atoms with Gasteiger partial charge in [-0.05, 0) is 77.0 Å². The van der Waals surface area contributed by atoms with Crippen LogP contribution in [0.5, 0.6) is 0 Å². The maximum Gasteiger partial charge on any atom is 0.306 e. The van der Waals surface area contributed by atoms with E-state index in [1.165, 1.54) is 103 Å². The van der Waals surface area contributed by atoms with Crippen LogP contribution in [0.3, 0.4) is 0 Å². The molecule has 0 fully saturated rings. The van der Waals surface area contributed by atoms with E-state index in [9.17, 15) is 19.5 Å². The monoisotopic (exact) mass is 1010 g/mol. The first kappa shape index (κ1) is 68.2. The van der Waals surface area contributed by atoms with Crippen LogP contribution in [0.25, 0.3) is 0 Å². The van der Waals surface area contributed by atoms with Crippen molar-refractivity contribution < 1.29 is 42.9 Å². The maximum absolute atomic E-state index is 12.8. The predicted octanol–water partition coefficient (Wildman–Crippen LogP) is 15.6. The average Bonchev–Trinajstić information content (AvgIpc) is 3.35. The van der Waals surface area contributed by atoms with Crippen molar-refractivity contribution in [3.8, 4) is 0 Å². The Kier molecular flexibility index (Phi) is 50.7. The van der Waals surface area contributed by atoms with Crippen molar-refractivity contribution in [2.45, 2.75) is 238 Å². The molecule has 9 nitrogen and oxygen atoms in total. The zero-order valence-corrected chi connectivity index (χ0v) is 46.8. The van der Waals surface area contributed by atoms with E-state index in [0.717, 1.165) is 89.9 Å². The average molecular weight is 1010 g/mol. The van der Waals surface area contributed by atoms with E-state index in [1.807, 2.05) is 21.1 Å². The van der Waals surface area contributed by atoms with Gasteiger partial charge < -0.3 is 33.3 Å². The Hall–Kier alpha value is -3.79. The molecule has 0 saturated heterocycles. The predicted molar refractivity (Wildman–Crippen MR) is 301 cm³/mol. The molecule has 0 spiro atoms. The zero-order chi connectivity index (χ0) is 52.7. The van der Waals surface area contributed by atoms with Gasteiger partial charge in [0.05, 0.1) is 40.3 Å². The highest BCUT2D eigenvalue weighted by Crippen LogP contribution is 2.15. The van der Waals surface area contributed by atoms with Gasteiger partial charge in [-0.2, -0.15) is 0 Å². The number of carbonyl (C=O) groups is 3. The molecule has 72 heavy (non-hydrogen) atoms. The number of quaternary nitrogens is 1. The molecule has 0 aromatic carbocycles. The van der Waals surface area contributed by atoms with Gasteiger partial charge in [0.1, 0.15) is 13.2 Å². The third-order valence-electron chi connectivity index (χ3n) is 12.1. The SMILES string of the molecule is CC/C=C\C/C=C\C/C=C\C/C=C\C/C=C\C/C=C\C/C=C\C/C=C\CCCCCCCCCCCCCCC(=O)OC(COC(=O)CCCCCCCCCCCC)COC(OCC[N+](C)(C)C)C(=O)[O-]. The first-order valence-electron chi connectivity index (χ1n) is 28.9. The minimum atomic E-state index is -1.62. The highest BCUT2D eigenvalue weighted by atomic mass is 16.7. The number of esters is 2. The van der Waals surface area contributed by atoms with Gasteiger partial charge in [0.25, 0.3) is 0 Å². The molecule has 0 aromatic heterocycles. The molecule has 0 bridgehead atoms. The molecule has 0 aliphatic rings. The lowest BCUT2D eigenvalue weighted by atomic mass is 10.0. The summed E-state index contributed by atoms with van der Waals surface area (Å²) in [6, 6.07) is 0. The Labute approximate surface area is 442 Å². The van der Waals surface area contributed by atoms with E-state index >= 15 is 0 Å². The summed E-state index contributed by atoms with van der Waals surface area (Å²) in [5.74, 6) is -2.29. The van der Waals surface area contributed by atoms with Crippen molar-refractivity contribution in [1.29, 1.82) is 0 Å². The van der Waals surface area contributed by atoms with E-state index in [0.29, 0.717) is 23.9 Å². The molecule has 412 valence electrons. The second kappa shape index (κ2) is 53.5. The van der Waals surface area contributed by atoms with Crippen LogP contribution in [0.15, 0.2) is 97.2 Å². The summed E-state index contributed by atoms with van der Waals surface area (Å²) in [6.45, 7) is 4.61. The number of carbonyl (C=O) groups excluding carboxylic acids is 3. The van der Waals surface area contributed by atoms with Gasteiger partial charge in [-0.15, -0.1) is 0 Å². The number of carboxylic acids is 1. The van der Waals surface area contributed by atoms with E-state index in [2.05, 4.69) is 111 Å². The van der Waals surface area contributed by atoms with Crippen LogP contribution in [-0.2, 0) is 33.3 Å². The molecule has 0 rings (SSSR count). The van der Waals surface area contributed by atoms with Crippen molar-refractivity contribution in [2.75, 3.05) is 47.5 Å². The standard InChI is InChI=1S/C63H107NO8/c1-6-8-10-12-14-16-18-19-20-21-22-23-24-25-26-27-28-29-30-31-32-33-34-35-36-37-38-39-40-41-42-43-44-46-48-50-52-54-61(66)72-59(58-71-63(62(67)68)69-56-55-64(3,4)5)57-70-60(65)53-51-49-47-45-17-15-13-11-9-7-2/h8,10,14,16,19-20,22-23,25-26,28-29,31-32,34-35,59,63H,6-7,9,11-13,15,17-18,21,24,27,30,33,36-58H2,1-5H3/b10-8-,16-14-,20-19-,23-22-,26-25-,29-28-,32-31-,35-34-. The maximum atomic E-state index is 12.8. The van der Waals surface area contributed by atoms with Crippen molar-refractivity contribution in [3.63, 3.8) is 0 Å². The highest BCUT2D eigenvalue weighted by Gasteiger charge is 2.22. The van der Waals surface area contributed by atoms with Crippen molar-refractivity contribution >= 4 is 17.9 Å². The van der Waals surface area contributed by atoms with Crippen LogP contribution >= 0.6 is 0 Å². The number of allylic oxidation sites excluding steroid dienone is 16. The first-order valence-corrected chi connectivity index (χ1v) is 28.9. The minimum absolute atomic E-state index is 0.145. The van der Waals surface area contributed by atoms with Gasteiger partial charge in [-0.25, -0.2) is 0 Å². The normalized spacial score (nSPS) is 13.5. The fourth-order valence-corrected chi connectivity index (χ4v) is 7.67. The van der Waals surface area contributed by atoms with Gasteiger partial charge in [0.15, 0.2) is 12.4 Å². The molecule has 0 N–H and O–H groups in total. The Morgan fingerprint density at radius 2 is 0.792 bits per heavy atom. The molecule has 0 heterocycles. The molecule has 0 aromatic rings. The summed E-state index contributed by atoms with van der Waals surface area (Å²) in [4.78, 5) is 37.1. The molecule has 9 heteroatoms. The van der Waals surface area contributed by atoms with E-state index in [-0.39, 0.29) is 32.2 Å².